The van der Waals surface area contributed by atoms with Crippen LogP contribution in [0.4, 0.5) is 0 Å². The number of rotatable bonds is 1. The molecular formula is C36H68. The summed E-state index contributed by atoms with van der Waals surface area (Å²) in [6.07, 6.45) is 0. The molecule has 0 saturated carbocycles. The Labute approximate surface area is 229 Å². The van der Waals surface area contributed by atoms with E-state index >= 15 is 0 Å². The molecule has 0 aromatic heterocycles. The largest absolute Gasteiger partial charge is 0.0625 e. The highest BCUT2D eigenvalue weighted by molar-refractivity contribution is 5.48. The second kappa shape index (κ2) is 8.37. The van der Waals surface area contributed by atoms with Gasteiger partial charge in [-0.2, -0.15) is 0 Å². The van der Waals surface area contributed by atoms with Crippen molar-refractivity contribution in [3.63, 3.8) is 0 Å². The molecule has 0 radical (unpaired) electrons. The minimum Gasteiger partial charge on any atom is -0.0625 e. The second-order valence-corrected chi connectivity index (χ2v) is 18.8. The van der Waals surface area contributed by atoms with E-state index in [9.17, 15) is 0 Å². The Hall–Kier alpha value is -0.260. The molecule has 0 bridgehead atoms. The van der Waals surface area contributed by atoms with Crippen LogP contribution in [0.15, 0.2) is 11.1 Å². The molecule has 4 unspecified atom stereocenters. The molecule has 4 atom stereocenters. The molecule has 0 aromatic carbocycles. The Morgan fingerprint density at radius 3 is 0.972 bits per heavy atom. The quantitative estimate of drug-likeness (QED) is 0.314. The molecule has 36 heavy (non-hydrogen) atoms. The molecule has 0 aromatic rings. The molecule has 2 rings (SSSR count). The average Bonchev–Trinajstić information content (AvgIpc) is 2.56. The summed E-state index contributed by atoms with van der Waals surface area (Å²) in [6.45, 7) is 54.4. The second-order valence-electron chi connectivity index (χ2n) is 18.8. The normalized spacial score (nSPS) is 32.5. The third kappa shape index (κ3) is 3.43. The maximum atomic E-state index is 2.68. The van der Waals surface area contributed by atoms with Crippen molar-refractivity contribution in [2.24, 2.45) is 72.9 Å². The van der Waals surface area contributed by atoms with E-state index in [1.807, 2.05) is 11.1 Å². The van der Waals surface area contributed by atoms with E-state index in [0.717, 1.165) is 0 Å². The molecule has 0 heterocycles. The number of hydrogen-bond acceptors (Lipinski definition) is 0. The lowest BCUT2D eigenvalue weighted by Gasteiger charge is -2.81. The van der Waals surface area contributed by atoms with Gasteiger partial charge < -0.3 is 0 Å². The highest BCUT2D eigenvalue weighted by Gasteiger charge is 2.78. The van der Waals surface area contributed by atoms with E-state index < -0.39 is 0 Å². The number of hydrogen-bond donors (Lipinski definition) is 0. The van der Waals surface area contributed by atoms with Gasteiger partial charge in [-0.3, -0.25) is 0 Å². The van der Waals surface area contributed by atoms with Crippen LogP contribution >= 0.6 is 0 Å². The Morgan fingerprint density at radius 2 is 0.750 bits per heavy atom. The molecule has 2 aliphatic rings. The molecule has 0 spiro atoms. The van der Waals surface area contributed by atoms with Crippen molar-refractivity contribution in [3.05, 3.63) is 11.1 Å². The van der Waals surface area contributed by atoms with Gasteiger partial charge in [-0.1, -0.05) is 157 Å². The minimum atomic E-state index is 0.0484. The summed E-state index contributed by atoms with van der Waals surface area (Å²) in [4.78, 5) is 0. The molecule has 2 aliphatic carbocycles. The number of allylic oxidation sites excluding steroid dienone is 2. The van der Waals surface area contributed by atoms with Gasteiger partial charge in [0.1, 0.15) is 0 Å². The fourth-order valence-electron chi connectivity index (χ4n) is 13.2. The Kier molecular flexibility index (Phi) is 7.43. The lowest BCUT2D eigenvalue weighted by atomic mass is 9.23. The van der Waals surface area contributed by atoms with Crippen LogP contribution in [0.2, 0.25) is 0 Å². The van der Waals surface area contributed by atoms with Gasteiger partial charge in [0.2, 0.25) is 0 Å². The Bertz CT molecular complexity index is 831. The third-order valence-corrected chi connectivity index (χ3v) is 12.7. The van der Waals surface area contributed by atoms with Crippen LogP contribution in [0.5, 0.6) is 0 Å². The SMILES string of the molecule is CC(C)C1C(C)C2=C(C(C)C1C)C(C(C)(C)C)(C(C)(C)C)C(C)(C)C(C)(C)C2(C(C)(C)C)C(C)(C)C. The van der Waals surface area contributed by atoms with Crippen molar-refractivity contribution in [2.45, 2.75) is 145 Å². The first-order chi connectivity index (χ1) is 15.5. The van der Waals surface area contributed by atoms with E-state index in [-0.39, 0.29) is 43.3 Å². The van der Waals surface area contributed by atoms with Gasteiger partial charge in [-0.15, -0.1) is 0 Å². The third-order valence-electron chi connectivity index (χ3n) is 12.7. The predicted molar refractivity (Wildman–Crippen MR) is 163 cm³/mol. The van der Waals surface area contributed by atoms with Gasteiger partial charge in [0.25, 0.3) is 0 Å². The van der Waals surface area contributed by atoms with Crippen LogP contribution in [0.1, 0.15) is 145 Å². The van der Waals surface area contributed by atoms with Gasteiger partial charge in [-0.05, 0) is 62.1 Å². The predicted octanol–water partition coefficient (Wildman–Crippen LogP) is 11.7. The standard InChI is InChI=1S/C36H68/c1-22(2)26-23(3)24(4)27-28(25(26)5)36(31(12,13)14,32(15,16)17)34(20,21)33(18,19)35(27,29(6,7)8)30(9,10)11/h22-26H,1-21H3. The maximum Gasteiger partial charge on any atom is 0.00710 e. The van der Waals surface area contributed by atoms with E-state index in [4.69, 9.17) is 0 Å². The first-order valence-electron chi connectivity index (χ1n) is 15.3. The molecule has 0 heteroatoms. The summed E-state index contributed by atoms with van der Waals surface area (Å²) >= 11 is 0. The lowest BCUT2D eigenvalue weighted by Crippen LogP contribution is -2.75. The van der Waals surface area contributed by atoms with Crippen molar-refractivity contribution in [3.8, 4) is 0 Å². The van der Waals surface area contributed by atoms with Crippen molar-refractivity contribution in [2.75, 3.05) is 0 Å². The zero-order valence-corrected chi connectivity index (χ0v) is 28.9. The Balaban J connectivity index is 3.54. The molecule has 0 saturated heterocycles. The highest BCUT2D eigenvalue weighted by Crippen LogP contribution is 2.84. The molecule has 0 nitrogen and oxygen atoms in total. The van der Waals surface area contributed by atoms with Crippen molar-refractivity contribution in [1.29, 1.82) is 0 Å². The molecular weight excluding hydrogens is 432 g/mol. The average molecular weight is 501 g/mol. The zero-order chi connectivity index (χ0) is 29.0. The van der Waals surface area contributed by atoms with Crippen molar-refractivity contribution >= 4 is 0 Å². The first kappa shape index (κ1) is 32.0. The molecule has 0 N–H and O–H groups in total. The van der Waals surface area contributed by atoms with Crippen LogP contribution in [0.3, 0.4) is 0 Å². The van der Waals surface area contributed by atoms with Crippen molar-refractivity contribution in [1.82, 2.24) is 0 Å². The summed E-state index contributed by atoms with van der Waals surface area (Å²) in [5.74, 6) is 3.21. The topological polar surface area (TPSA) is 0 Å². The van der Waals surface area contributed by atoms with Gasteiger partial charge in [0.05, 0.1) is 0 Å². The van der Waals surface area contributed by atoms with E-state index in [0.29, 0.717) is 29.6 Å². The van der Waals surface area contributed by atoms with E-state index in [2.05, 4.69) is 145 Å². The van der Waals surface area contributed by atoms with Crippen LogP contribution in [0.25, 0.3) is 0 Å². The Morgan fingerprint density at radius 1 is 0.500 bits per heavy atom. The summed E-state index contributed by atoms with van der Waals surface area (Å²) in [5, 5.41) is 0. The van der Waals surface area contributed by atoms with E-state index in [1.165, 1.54) is 0 Å². The zero-order valence-electron chi connectivity index (χ0n) is 28.9. The van der Waals surface area contributed by atoms with Crippen LogP contribution < -0.4 is 0 Å². The smallest absolute Gasteiger partial charge is 0.00710 e. The van der Waals surface area contributed by atoms with Gasteiger partial charge >= 0.3 is 0 Å². The molecule has 0 fully saturated rings. The first-order valence-corrected chi connectivity index (χ1v) is 15.3. The fourth-order valence-corrected chi connectivity index (χ4v) is 13.2. The van der Waals surface area contributed by atoms with Gasteiger partial charge in [0, 0.05) is 10.8 Å². The molecule has 0 aliphatic heterocycles. The van der Waals surface area contributed by atoms with Gasteiger partial charge in [0.15, 0.2) is 0 Å². The maximum absolute atomic E-state index is 2.68. The highest BCUT2D eigenvalue weighted by atomic mass is 14.8. The van der Waals surface area contributed by atoms with Gasteiger partial charge in [-0.25, -0.2) is 0 Å². The molecule has 0 amide bonds. The lowest BCUT2D eigenvalue weighted by molar-refractivity contribution is -0.258. The summed E-state index contributed by atoms with van der Waals surface area (Å²) < 4.78 is 0. The summed E-state index contributed by atoms with van der Waals surface area (Å²) in [7, 11) is 0. The molecule has 212 valence electrons. The summed E-state index contributed by atoms with van der Waals surface area (Å²) in [5.41, 5.74) is 4.41. The van der Waals surface area contributed by atoms with E-state index in [1.54, 1.807) is 0 Å². The minimum absolute atomic E-state index is 0.0484. The fraction of sp³-hybridized carbons (Fsp3) is 0.944. The van der Waals surface area contributed by atoms with Crippen LogP contribution in [0, 0.1) is 72.9 Å². The summed E-state index contributed by atoms with van der Waals surface area (Å²) in [6, 6.07) is 0. The van der Waals surface area contributed by atoms with Crippen LogP contribution in [-0.4, -0.2) is 0 Å². The van der Waals surface area contributed by atoms with Crippen molar-refractivity contribution < 1.29 is 0 Å². The monoisotopic (exact) mass is 501 g/mol. The van der Waals surface area contributed by atoms with Crippen LogP contribution in [-0.2, 0) is 0 Å².